The molecule has 4 rings (SSSR count). The van der Waals surface area contributed by atoms with Crippen molar-refractivity contribution in [3.8, 4) is 11.5 Å². The molecule has 9 nitrogen and oxygen atoms in total. The molecule has 1 aromatic carbocycles. The van der Waals surface area contributed by atoms with Gasteiger partial charge in [0.1, 0.15) is 11.4 Å². The van der Waals surface area contributed by atoms with Crippen molar-refractivity contribution in [2.75, 3.05) is 13.2 Å². The number of rotatable bonds is 4. The fraction of sp³-hybridized carbons (Fsp3) is 0.524. The van der Waals surface area contributed by atoms with Crippen LogP contribution >= 0.6 is 0 Å². The Morgan fingerprint density at radius 3 is 2.73 bits per heavy atom. The van der Waals surface area contributed by atoms with Gasteiger partial charge in [-0.1, -0.05) is 0 Å². The molecule has 2 aliphatic heterocycles. The van der Waals surface area contributed by atoms with Gasteiger partial charge in [0.05, 0.1) is 25.2 Å². The number of aromatic nitrogens is 2. The summed E-state index contributed by atoms with van der Waals surface area (Å²) in [7, 11) is 0. The van der Waals surface area contributed by atoms with Crippen molar-refractivity contribution in [3.05, 3.63) is 35.0 Å². The number of carbonyl (C=O) groups is 2. The van der Waals surface area contributed by atoms with E-state index in [4.69, 9.17) is 13.9 Å². The number of nitrogens with one attached hydrogen (secondary N) is 1. The Balaban J connectivity index is 1.56. The van der Waals surface area contributed by atoms with Gasteiger partial charge in [0.2, 0.25) is 5.89 Å². The number of hydrogen-bond donors (Lipinski definition) is 1. The lowest BCUT2D eigenvalue weighted by atomic mass is 10.0. The highest BCUT2D eigenvalue weighted by atomic mass is 19.3. The Morgan fingerprint density at radius 2 is 2.06 bits per heavy atom. The molecule has 178 valence electrons. The summed E-state index contributed by atoms with van der Waals surface area (Å²) >= 11 is 0. The monoisotopic (exact) mass is 468 g/mol. The van der Waals surface area contributed by atoms with E-state index in [1.54, 1.807) is 20.8 Å². The van der Waals surface area contributed by atoms with Crippen molar-refractivity contribution in [2.24, 2.45) is 0 Å². The van der Waals surface area contributed by atoms with Crippen molar-refractivity contribution >= 4 is 12.0 Å². The topological polar surface area (TPSA) is 107 Å². The Hall–Kier alpha value is -3.15. The van der Waals surface area contributed by atoms with Gasteiger partial charge in [-0.3, -0.25) is 4.79 Å². The number of hydrogen-bond acceptors (Lipinski definition) is 7. The van der Waals surface area contributed by atoms with Gasteiger partial charge in [-0.25, -0.2) is 9.18 Å². The Bertz CT molecular complexity index is 1070. The number of halogens is 3. The molecule has 1 fully saturated rings. The van der Waals surface area contributed by atoms with Crippen molar-refractivity contribution in [1.29, 1.82) is 0 Å². The fourth-order valence-electron chi connectivity index (χ4n) is 3.91. The molecule has 2 aliphatic rings. The predicted molar refractivity (Wildman–Crippen MR) is 107 cm³/mol. The lowest BCUT2D eigenvalue weighted by Crippen LogP contribution is -2.57. The molecule has 1 saturated heterocycles. The zero-order chi connectivity index (χ0) is 23.9. The molecule has 3 heterocycles. The van der Waals surface area contributed by atoms with Gasteiger partial charge in [0.15, 0.2) is 0 Å². The Kier molecular flexibility index (Phi) is 6.04. The minimum Gasteiger partial charge on any atom is -0.444 e. The number of carbonyl (C=O) groups excluding carboxylic acids is 2. The van der Waals surface area contributed by atoms with Crippen molar-refractivity contribution in [3.63, 3.8) is 0 Å². The first kappa shape index (κ1) is 23.0. The van der Waals surface area contributed by atoms with Gasteiger partial charge in [-0.15, -0.1) is 10.2 Å². The molecule has 2 atom stereocenters. The van der Waals surface area contributed by atoms with Gasteiger partial charge in [-0.2, -0.15) is 8.78 Å². The summed E-state index contributed by atoms with van der Waals surface area (Å²) in [5.74, 6) is -2.35. The van der Waals surface area contributed by atoms with Crippen LogP contribution in [0.3, 0.4) is 0 Å². The number of nitrogens with zero attached hydrogens (tertiary/aromatic N) is 3. The molecule has 1 aromatic heterocycles. The van der Waals surface area contributed by atoms with E-state index in [0.717, 1.165) is 6.07 Å². The van der Waals surface area contributed by atoms with Crippen molar-refractivity contribution in [1.82, 2.24) is 20.4 Å². The molecule has 0 unspecified atom stereocenters. The van der Waals surface area contributed by atoms with E-state index in [2.05, 4.69) is 15.5 Å². The smallest absolute Gasteiger partial charge is 0.408 e. The maximum atomic E-state index is 14.9. The van der Waals surface area contributed by atoms with Crippen LogP contribution in [0.15, 0.2) is 16.5 Å². The molecule has 1 N–H and O–H groups in total. The number of fused-ring (bicyclic) bond motifs is 1. The summed E-state index contributed by atoms with van der Waals surface area (Å²) in [5, 5.41) is 9.49. The number of alkyl halides is 2. The Labute approximate surface area is 187 Å². The summed E-state index contributed by atoms with van der Waals surface area (Å²) in [6.07, 6.45) is -3.19. The van der Waals surface area contributed by atoms with Crippen LogP contribution in [0.5, 0.6) is 0 Å². The van der Waals surface area contributed by atoms with Crippen molar-refractivity contribution < 1.29 is 36.7 Å². The molecule has 0 radical (unpaired) electrons. The van der Waals surface area contributed by atoms with E-state index in [1.807, 2.05) is 0 Å². The second-order valence-corrected chi connectivity index (χ2v) is 8.85. The molecule has 2 aromatic rings. The highest BCUT2D eigenvalue weighted by Crippen LogP contribution is 2.34. The third-order valence-electron chi connectivity index (χ3n) is 5.31. The standard InChI is InChI=1S/C21H23F3N4O5/c1-21(2,3)33-20(30)25-14-9-31-5-4-15(14)28-8-12-11(19(28)29)6-10(7-13(12)22)17-26-27-18(32-17)16(23)24/h6-7,14-16H,4-5,8-9H2,1-3H3,(H,25,30)/t14-,15+/m0/s1. The van der Waals surface area contributed by atoms with Gasteiger partial charge in [0.25, 0.3) is 11.8 Å². The highest BCUT2D eigenvalue weighted by Gasteiger charge is 2.41. The minimum atomic E-state index is -2.97. The lowest BCUT2D eigenvalue weighted by molar-refractivity contribution is -0.000403. The van der Waals surface area contributed by atoms with Crippen LogP contribution in [-0.4, -0.2) is 58.0 Å². The second kappa shape index (κ2) is 8.65. The van der Waals surface area contributed by atoms with Crippen LogP contribution < -0.4 is 5.32 Å². The summed E-state index contributed by atoms with van der Waals surface area (Å²) in [5.41, 5.74) is -0.437. The normalized spacial score (nSPS) is 20.8. The molecule has 0 aliphatic carbocycles. The number of amides is 2. The van der Waals surface area contributed by atoms with E-state index in [-0.39, 0.29) is 35.7 Å². The second-order valence-electron chi connectivity index (χ2n) is 8.85. The zero-order valence-corrected chi connectivity index (χ0v) is 18.2. The van der Waals surface area contributed by atoms with Crippen LogP contribution in [-0.2, 0) is 16.0 Å². The van der Waals surface area contributed by atoms with E-state index in [0.29, 0.717) is 13.0 Å². The first-order chi connectivity index (χ1) is 15.5. The van der Waals surface area contributed by atoms with E-state index < -0.39 is 47.8 Å². The summed E-state index contributed by atoms with van der Waals surface area (Å²) in [6.45, 7) is 5.71. The zero-order valence-electron chi connectivity index (χ0n) is 18.2. The van der Waals surface area contributed by atoms with E-state index in [1.165, 1.54) is 11.0 Å². The van der Waals surface area contributed by atoms with Crippen molar-refractivity contribution in [2.45, 2.75) is 57.8 Å². The number of ether oxygens (including phenoxy) is 2. The predicted octanol–water partition coefficient (Wildman–Crippen LogP) is 3.45. The molecule has 2 amide bonds. The molecule has 0 saturated carbocycles. The Morgan fingerprint density at radius 1 is 1.30 bits per heavy atom. The average molecular weight is 468 g/mol. The summed E-state index contributed by atoms with van der Waals surface area (Å²) in [6, 6.07) is 1.40. The average Bonchev–Trinajstić information content (AvgIpc) is 3.33. The van der Waals surface area contributed by atoms with Gasteiger partial charge in [-0.05, 0) is 39.3 Å². The SMILES string of the molecule is CC(C)(C)OC(=O)N[C@H]1COCC[C@H]1N1Cc2c(F)cc(-c3nnc(C(F)F)o3)cc2C1=O. The van der Waals surface area contributed by atoms with E-state index >= 15 is 0 Å². The quantitative estimate of drug-likeness (QED) is 0.733. The molecule has 33 heavy (non-hydrogen) atoms. The van der Waals surface area contributed by atoms with Crippen LogP contribution in [0.25, 0.3) is 11.5 Å². The third-order valence-corrected chi connectivity index (χ3v) is 5.31. The minimum absolute atomic E-state index is 0.0104. The van der Waals surface area contributed by atoms with Crippen LogP contribution in [0.4, 0.5) is 18.0 Å². The molecule has 12 heteroatoms. The van der Waals surface area contributed by atoms with Crippen LogP contribution in [0.1, 0.15) is 55.4 Å². The van der Waals surface area contributed by atoms with Gasteiger partial charge >= 0.3 is 12.5 Å². The van der Waals surface area contributed by atoms with Gasteiger partial charge in [0, 0.05) is 23.3 Å². The number of benzene rings is 1. The lowest BCUT2D eigenvalue weighted by Gasteiger charge is -2.38. The maximum absolute atomic E-state index is 14.9. The fourth-order valence-corrected chi connectivity index (χ4v) is 3.91. The highest BCUT2D eigenvalue weighted by molar-refractivity contribution is 5.99. The third kappa shape index (κ3) is 4.80. The van der Waals surface area contributed by atoms with E-state index in [9.17, 15) is 22.8 Å². The first-order valence-electron chi connectivity index (χ1n) is 10.4. The van der Waals surface area contributed by atoms with Crippen LogP contribution in [0, 0.1) is 5.82 Å². The molecular weight excluding hydrogens is 445 g/mol. The molecule has 0 bridgehead atoms. The van der Waals surface area contributed by atoms with Gasteiger partial charge < -0.3 is 24.1 Å². The molecule has 0 spiro atoms. The first-order valence-corrected chi connectivity index (χ1v) is 10.4. The summed E-state index contributed by atoms with van der Waals surface area (Å²) in [4.78, 5) is 26.9. The largest absolute Gasteiger partial charge is 0.444 e. The maximum Gasteiger partial charge on any atom is 0.408 e. The summed E-state index contributed by atoms with van der Waals surface area (Å²) < 4.78 is 56.0. The molecular formula is C21H23F3N4O5. The van der Waals surface area contributed by atoms with Crippen LogP contribution in [0.2, 0.25) is 0 Å². The number of alkyl carbamates (subject to hydrolysis) is 1.